The molecule has 1 saturated heterocycles. The van der Waals surface area contributed by atoms with Gasteiger partial charge in [-0.15, -0.1) is 0 Å². The molecule has 2 amide bonds. The molecule has 1 aliphatic heterocycles. The van der Waals surface area contributed by atoms with Crippen LogP contribution in [0.5, 0.6) is 0 Å². The summed E-state index contributed by atoms with van der Waals surface area (Å²) in [5, 5.41) is 23.9. The smallest absolute Gasteiger partial charge is 0.253 e. The molecule has 2 rings (SSSR count). The zero-order valence-electron chi connectivity index (χ0n) is 15.9. The van der Waals surface area contributed by atoms with Crippen LogP contribution in [0.25, 0.3) is 0 Å². The molecular formula is C18H23Cl2N3O6. The molecule has 0 aromatic carbocycles. The number of pyridine rings is 1. The maximum atomic E-state index is 12.7. The zero-order valence-corrected chi connectivity index (χ0v) is 17.5. The Morgan fingerprint density at radius 1 is 1.24 bits per heavy atom. The van der Waals surface area contributed by atoms with Crippen LogP contribution in [-0.4, -0.2) is 70.3 Å². The Morgan fingerprint density at radius 2 is 1.90 bits per heavy atom. The molecule has 3 unspecified atom stereocenters. The van der Waals surface area contributed by atoms with Crippen molar-refractivity contribution in [3.8, 4) is 0 Å². The Morgan fingerprint density at radius 3 is 2.38 bits per heavy atom. The second-order valence-corrected chi connectivity index (χ2v) is 7.97. The summed E-state index contributed by atoms with van der Waals surface area (Å²) in [7, 11) is 0. The van der Waals surface area contributed by atoms with Crippen LogP contribution in [0.15, 0.2) is 12.3 Å². The first-order valence-electron chi connectivity index (χ1n) is 8.95. The number of amides is 2. The zero-order chi connectivity index (χ0) is 21.8. The molecule has 1 fully saturated rings. The molecule has 1 aromatic heterocycles. The van der Waals surface area contributed by atoms with E-state index < -0.39 is 48.5 Å². The summed E-state index contributed by atoms with van der Waals surface area (Å²) in [6.07, 6.45) is 1.48. The molecule has 29 heavy (non-hydrogen) atoms. The van der Waals surface area contributed by atoms with Crippen LogP contribution >= 0.6 is 23.2 Å². The number of Topliss-reactive ketones (excluding diaryl/α,β-unsaturated/α-hetero) is 1. The van der Waals surface area contributed by atoms with Gasteiger partial charge in [0.25, 0.3) is 5.91 Å². The number of ketones is 1. The molecule has 1 aromatic rings. The number of nitrogens with one attached hydrogen (secondary N) is 2. The van der Waals surface area contributed by atoms with E-state index in [0.29, 0.717) is 6.42 Å². The molecule has 160 valence electrons. The van der Waals surface area contributed by atoms with Gasteiger partial charge in [-0.2, -0.15) is 0 Å². The fraction of sp³-hybridized carbons (Fsp3) is 0.556. The number of ether oxygens (including phenoxy) is 1. The van der Waals surface area contributed by atoms with E-state index in [1.165, 1.54) is 12.3 Å². The van der Waals surface area contributed by atoms with Crippen molar-refractivity contribution in [2.24, 2.45) is 5.92 Å². The van der Waals surface area contributed by atoms with Gasteiger partial charge >= 0.3 is 0 Å². The minimum atomic E-state index is -1.32. The molecule has 0 saturated carbocycles. The first-order valence-corrected chi connectivity index (χ1v) is 9.71. The van der Waals surface area contributed by atoms with Crippen molar-refractivity contribution in [1.29, 1.82) is 0 Å². The van der Waals surface area contributed by atoms with Crippen molar-refractivity contribution in [1.82, 2.24) is 15.6 Å². The van der Waals surface area contributed by atoms with E-state index >= 15 is 0 Å². The van der Waals surface area contributed by atoms with Gasteiger partial charge in [0.1, 0.15) is 11.2 Å². The molecule has 2 heterocycles. The molecule has 0 spiro atoms. The number of aliphatic hydroxyl groups excluding tert-OH is 2. The number of hydrogen-bond acceptors (Lipinski definition) is 7. The maximum Gasteiger partial charge on any atom is 0.253 e. The van der Waals surface area contributed by atoms with Gasteiger partial charge in [0, 0.05) is 6.20 Å². The SMILES string of the molecule is CC(C)CC(NC(=O)C(CO)NC(=O)c1cnc(Cl)c(Cl)c1)C(=O)C1(CO)CO1. The third-order valence-electron chi connectivity index (χ3n) is 4.40. The predicted molar refractivity (Wildman–Crippen MR) is 105 cm³/mol. The van der Waals surface area contributed by atoms with Gasteiger partial charge in [-0.25, -0.2) is 4.98 Å². The lowest BCUT2D eigenvalue weighted by Crippen LogP contribution is -2.55. The molecule has 1 aliphatic rings. The minimum Gasteiger partial charge on any atom is -0.394 e. The maximum absolute atomic E-state index is 12.7. The first kappa shape index (κ1) is 23.5. The minimum absolute atomic E-state index is 0.0230. The largest absolute Gasteiger partial charge is 0.394 e. The summed E-state index contributed by atoms with van der Waals surface area (Å²) in [5.74, 6) is -1.84. The highest BCUT2D eigenvalue weighted by Gasteiger charge is 2.54. The van der Waals surface area contributed by atoms with E-state index in [0.717, 1.165) is 0 Å². The normalized spacial score (nSPS) is 20.1. The lowest BCUT2D eigenvalue weighted by Gasteiger charge is -2.24. The average molecular weight is 448 g/mol. The fourth-order valence-corrected chi connectivity index (χ4v) is 2.94. The summed E-state index contributed by atoms with van der Waals surface area (Å²) >= 11 is 11.5. The summed E-state index contributed by atoms with van der Waals surface area (Å²) in [6.45, 7) is 2.64. The van der Waals surface area contributed by atoms with E-state index in [-0.39, 0.29) is 28.3 Å². The monoisotopic (exact) mass is 447 g/mol. The van der Waals surface area contributed by atoms with Crippen LogP contribution in [0, 0.1) is 5.92 Å². The van der Waals surface area contributed by atoms with Gasteiger partial charge < -0.3 is 25.6 Å². The Kier molecular flexibility index (Phi) is 7.95. The standard InChI is InChI=1S/C18H23Cl2N3O6/c1-9(2)3-12(14(26)18(7-25)8-29-18)22-17(28)13(6-24)23-16(27)10-4-11(19)15(20)21-5-10/h4-5,9,12-13,24-25H,3,6-8H2,1-2H3,(H,22,28)(H,23,27). The van der Waals surface area contributed by atoms with Crippen molar-refractivity contribution in [2.75, 3.05) is 19.8 Å². The van der Waals surface area contributed by atoms with Gasteiger partial charge in [-0.1, -0.05) is 37.0 Å². The van der Waals surface area contributed by atoms with Crippen molar-refractivity contribution >= 4 is 40.8 Å². The Labute approximate surface area is 177 Å². The summed E-state index contributed by atoms with van der Waals surface area (Å²) < 4.78 is 5.08. The van der Waals surface area contributed by atoms with Crippen molar-refractivity contribution in [3.05, 3.63) is 28.0 Å². The number of epoxide rings is 1. The third-order valence-corrected chi connectivity index (χ3v) is 5.09. The number of carbonyl (C=O) groups excluding carboxylic acids is 3. The van der Waals surface area contributed by atoms with Crippen LogP contribution in [0.4, 0.5) is 0 Å². The highest BCUT2D eigenvalue weighted by molar-refractivity contribution is 6.41. The number of aliphatic hydroxyl groups is 2. The van der Waals surface area contributed by atoms with E-state index in [1.807, 2.05) is 13.8 Å². The quantitative estimate of drug-likeness (QED) is 0.299. The molecule has 0 aliphatic carbocycles. The van der Waals surface area contributed by atoms with Crippen molar-refractivity contribution in [2.45, 2.75) is 38.0 Å². The van der Waals surface area contributed by atoms with E-state index in [4.69, 9.17) is 27.9 Å². The van der Waals surface area contributed by atoms with E-state index in [2.05, 4.69) is 15.6 Å². The summed E-state index contributed by atoms with van der Waals surface area (Å²) in [5.41, 5.74) is -1.25. The molecular weight excluding hydrogens is 425 g/mol. The second kappa shape index (κ2) is 9.82. The van der Waals surface area contributed by atoms with Crippen LogP contribution in [0.3, 0.4) is 0 Å². The van der Waals surface area contributed by atoms with Gasteiger partial charge in [-0.05, 0) is 18.4 Å². The Balaban J connectivity index is 2.08. The second-order valence-electron chi connectivity index (χ2n) is 7.20. The highest BCUT2D eigenvalue weighted by atomic mass is 35.5. The molecule has 11 heteroatoms. The van der Waals surface area contributed by atoms with E-state index in [9.17, 15) is 24.6 Å². The van der Waals surface area contributed by atoms with Crippen molar-refractivity contribution < 1.29 is 29.3 Å². The van der Waals surface area contributed by atoms with Crippen LogP contribution < -0.4 is 10.6 Å². The van der Waals surface area contributed by atoms with Gasteiger partial charge in [0.2, 0.25) is 5.91 Å². The third kappa shape index (κ3) is 5.86. The van der Waals surface area contributed by atoms with Crippen LogP contribution in [0.2, 0.25) is 10.2 Å². The molecule has 0 bridgehead atoms. The Bertz CT molecular complexity index is 785. The number of rotatable bonds is 10. The van der Waals surface area contributed by atoms with Crippen LogP contribution in [-0.2, 0) is 14.3 Å². The summed E-state index contributed by atoms with van der Waals surface area (Å²) in [6, 6.07) is -0.974. The van der Waals surface area contributed by atoms with Crippen molar-refractivity contribution in [3.63, 3.8) is 0 Å². The van der Waals surface area contributed by atoms with Gasteiger partial charge in [-0.3, -0.25) is 14.4 Å². The number of hydrogen-bond donors (Lipinski definition) is 4. The molecule has 0 radical (unpaired) electrons. The molecule has 9 nitrogen and oxygen atoms in total. The molecule has 3 atom stereocenters. The number of aromatic nitrogens is 1. The lowest BCUT2D eigenvalue weighted by molar-refractivity contribution is -0.133. The number of carbonyl (C=O) groups is 3. The Hall–Kier alpha value is -1.78. The summed E-state index contributed by atoms with van der Waals surface area (Å²) in [4.78, 5) is 41.3. The van der Waals surface area contributed by atoms with Gasteiger partial charge in [0.05, 0.1) is 36.4 Å². The first-order chi connectivity index (χ1) is 13.6. The van der Waals surface area contributed by atoms with E-state index in [1.54, 1.807) is 0 Å². The van der Waals surface area contributed by atoms with Crippen LogP contribution in [0.1, 0.15) is 30.6 Å². The number of halogens is 2. The predicted octanol–water partition coefficient (Wildman–Crippen LogP) is 0.340. The average Bonchev–Trinajstić information content (AvgIpc) is 3.47. The number of nitrogens with zero attached hydrogens (tertiary/aromatic N) is 1. The topological polar surface area (TPSA) is 141 Å². The molecule has 4 N–H and O–H groups in total. The van der Waals surface area contributed by atoms with Gasteiger partial charge in [0.15, 0.2) is 11.4 Å². The fourth-order valence-electron chi connectivity index (χ4n) is 2.67. The lowest BCUT2D eigenvalue weighted by atomic mass is 9.92. The highest BCUT2D eigenvalue weighted by Crippen LogP contribution is 2.30.